The smallest absolute Gasteiger partial charge is 0.178 e. The minimum Gasteiger partial charge on any atom is -0.299 e. The zero-order chi connectivity index (χ0) is 21.8. The zero-order valence-corrected chi connectivity index (χ0v) is 18.5. The van der Waals surface area contributed by atoms with Crippen molar-refractivity contribution in [2.75, 3.05) is 19.3 Å². The Balaban J connectivity index is 1.60. The lowest BCUT2D eigenvalue weighted by atomic mass is 9.68. The summed E-state index contributed by atoms with van der Waals surface area (Å²) in [5.74, 6) is 0.0890. The van der Waals surface area contributed by atoms with Crippen molar-refractivity contribution in [1.29, 1.82) is 0 Å². The van der Waals surface area contributed by atoms with Crippen LogP contribution in [0.15, 0.2) is 53.7 Å². The Morgan fingerprint density at radius 1 is 1.06 bits per heavy atom. The molecule has 0 spiro atoms. The molecule has 0 aliphatic carbocycles. The van der Waals surface area contributed by atoms with E-state index >= 15 is 0 Å². The summed E-state index contributed by atoms with van der Waals surface area (Å²) in [6.07, 6.45) is 5.65. The maximum Gasteiger partial charge on any atom is 0.178 e. The maximum absolute atomic E-state index is 14.3. The monoisotopic (exact) mass is 457 g/mol. The van der Waals surface area contributed by atoms with E-state index in [9.17, 15) is 12.8 Å². The molecule has 6 rings (SSSR count). The van der Waals surface area contributed by atoms with E-state index in [1.807, 2.05) is 12.1 Å². The molecule has 31 heavy (non-hydrogen) atoms. The molecule has 3 aliphatic rings. The molecule has 0 saturated carbocycles. The number of nitrogens with zero attached hydrogens (tertiary/aromatic N) is 3. The van der Waals surface area contributed by atoms with Crippen molar-refractivity contribution in [2.45, 2.75) is 29.7 Å². The average molecular weight is 458 g/mol. The molecular weight excluding hydrogens is 437 g/mol. The fourth-order valence-corrected chi connectivity index (χ4v) is 5.43. The van der Waals surface area contributed by atoms with Gasteiger partial charge in [0.2, 0.25) is 0 Å². The summed E-state index contributed by atoms with van der Waals surface area (Å²) in [5, 5.41) is 0.136. The number of hydrogen-bond donors (Lipinski definition) is 0. The lowest BCUT2D eigenvalue weighted by Gasteiger charge is -2.39. The van der Waals surface area contributed by atoms with Gasteiger partial charge in [-0.25, -0.2) is 22.8 Å². The molecule has 0 radical (unpaired) electrons. The van der Waals surface area contributed by atoms with Crippen LogP contribution in [0.3, 0.4) is 0 Å². The summed E-state index contributed by atoms with van der Waals surface area (Å²) in [6.45, 7) is 2.68. The van der Waals surface area contributed by atoms with Crippen LogP contribution in [0, 0.1) is 5.82 Å². The number of rotatable bonds is 3. The SMILES string of the molecule is CS(=O)(=O)c1cnc(-c2ccc3c(c2)CN2CCC3(c3ccc(Cl)c(F)c3)CC2)nc1. The summed E-state index contributed by atoms with van der Waals surface area (Å²) in [4.78, 5) is 11.0. The van der Waals surface area contributed by atoms with E-state index in [1.165, 1.54) is 23.5 Å². The van der Waals surface area contributed by atoms with Crippen LogP contribution in [-0.2, 0) is 21.8 Å². The highest BCUT2D eigenvalue weighted by Gasteiger charge is 2.42. The summed E-state index contributed by atoms with van der Waals surface area (Å²) in [7, 11) is -3.34. The van der Waals surface area contributed by atoms with Gasteiger partial charge in [0.05, 0.1) is 5.02 Å². The number of piperidine rings is 1. The minimum absolute atomic E-state index is 0.0962. The van der Waals surface area contributed by atoms with Gasteiger partial charge in [0.1, 0.15) is 10.7 Å². The molecule has 5 nitrogen and oxygen atoms in total. The van der Waals surface area contributed by atoms with Crippen LogP contribution in [0.2, 0.25) is 5.02 Å². The van der Waals surface area contributed by atoms with Gasteiger partial charge in [-0.05, 0) is 60.8 Å². The lowest BCUT2D eigenvalue weighted by molar-refractivity contribution is 0.190. The topological polar surface area (TPSA) is 63.2 Å². The normalized spacial score (nSPS) is 22.7. The van der Waals surface area contributed by atoms with E-state index in [1.54, 1.807) is 12.1 Å². The zero-order valence-electron chi connectivity index (χ0n) is 17.0. The number of halogens is 2. The molecule has 4 heterocycles. The third-order valence-electron chi connectivity index (χ3n) is 6.51. The van der Waals surface area contributed by atoms with E-state index in [2.05, 4.69) is 27.0 Å². The first-order chi connectivity index (χ1) is 14.8. The van der Waals surface area contributed by atoms with E-state index in [4.69, 9.17) is 11.6 Å². The Labute approximate surface area is 185 Å². The first-order valence-corrected chi connectivity index (χ1v) is 12.4. The van der Waals surface area contributed by atoms with Crippen molar-refractivity contribution < 1.29 is 12.8 Å². The Morgan fingerprint density at radius 3 is 2.42 bits per heavy atom. The van der Waals surface area contributed by atoms with Gasteiger partial charge in [0.25, 0.3) is 0 Å². The molecular formula is C23H21ClFN3O2S. The molecule has 0 N–H and O–H groups in total. The van der Waals surface area contributed by atoms with Gasteiger partial charge in [0.15, 0.2) is 15.7 Å². The molecule has 8 heteroatoms. The van der Waals surface area contributed by atoms with Gasteiger partial charge < -0.3 is 0 Å². The molecule has 3 aliphatic heterocycles. The van der Waals surface area contributed by atoms with Gasteiger partial charge in [-0.1, -0.05) is 29.8 Å². The van der Waals surface area contributed by atoms with Gasteiger partial charge in [0, 0.05) is 36.2 Å². The number of sulfone groups is 1. The van der Waals surface area contributed by atoms with E-state index in [0.29, 0.717) is 5.82 Å². The Bertz CT molecular complexity index is 1270. The standard InChI is InChI=1S/C23H21ClFN3O2S/c1-31(29,30)18-12-26-22(27-13-18)15-2-4-19-16(10-15)14-28-8-6-23(19,7-9-28)17-3-5-20(24)21(25)11-17/h2-5,10-13H,6-9,14H2,1H3. The van der Waals surface area contributed by atoms with Crippen molar-refractivity contribution in [3.8, 4) is 11.4 Å². The van der Waals surface area contributed by atoms with Crippen LogP contribution in [0.4, 0.5) is 4.39 Å². The van der Waals surface area contributed by atoms with Crippen molar-refractivity contribution >= 4 is 21.4 Å². The second kappa shape index (κ2) is 7.36. The molecule has 0 atom stereocenters. The molecule has 160 valence electrons. The second-order valence-corrected chi connectivity index (χ2v) is 10.8. The molecule has 2 aromatic carbocycles. The third-order valence-corrected chi connectivity index (χ3v) is 7.88. The van der Waals surface area contributed by atoms with Crippen molar-refractivity contribution in [3.63, 3.8) is 0 Å². The van der Waals surface area contributed by atoms with E-state index in [0.717, 1.165) is 49.9 Å². The first kappa shape index (κ1) is 20.5. The number of hydrogen-bond acceptors (Lipinski definition) is 5. The number of aromatic nitrogens is 2. The van der Waals surface area contributed by atoms with Gasteiger partial charge in [-0.2, -0.15) is 0 Å². The van der Waals surface area contributed by atoms with E-state index < -0.39 is 15.7 Å². The van der Waals surface area contributed by atoms with Crippen LogP contribution in [-0.4, -0.2) is 42.6 Å². The van der Waals surface area contributed by atoms with Crippen molar-refractivity contribution in [1.82, 2.24) is 14.9 Å². The highest BCUT2D eigenvalue weighted by molar-refractivity contribution is 7.90. The predicted molar refractivity (Wildman–Crippen MR) is 117 cm³/mol. The van der Waals surface area contributed by atoms with Crippen LogP contribution >= 0.6 is 11.6 Å². The van der Waals surface area contributed by atoms with Crippen LogP contribution in [0.5, 0.6) is 0 Å². The van der Waals surface area contributed by atoms with Crippen molar-refractivity contribution in [2.24, 2.45) is 0 Å². The average Bonchev–Trinajstić information content (AvgIpc) is 3.01. The Hall–Kier alpha value is -2.35. The molecule has 1 fully saturated rings. The summed E-state index contributed by atoms with van der Waals surface area (Å²) in [6, 6.07) is 11.3. The quantitative estimate of drug-likeness (QED) is 0.588. The number of fused-ring (bicyclic) bond motifs is 2. The number of benzene rings is 2. The summed E-state index contributed by atoms with van der Waals surface area (Å²) >= 11 is 5.94. The van der Waals surface area contributed by atoms with Gasteiger partial charge in [-0.15, -0.1) is 0 Å². The van der Waals surface area contributed by atoms with Gasteiger partial charge in [-0.3, -0.25) is 4.90 Å². The lowest BCUT2D eigenvalue weighted by Crippen LogP contribution is -2.39. The molecule has 2 bridgehead atoms. The highest BCUT2D eigenvalue weighted by Crippen LogP contribution is 2.47. The minimum atomic E-state index is -3.34. The Morgan fingerprint density at radius 2 is 1.77 bits per heavy atom. The molecule has 0 amide bonds. The maximum atomic E-state index is 14.3. The largest absolute Gasteiger partial charge is 0.299 e. The van der Waals surface area contributed by atoms with Gasteiger partial charge >= 0.3 is 0 Å². The molecule has 1 saturated heterocycles. The predicted octanol–water partition coefficient (Wildman–Crippen LogP) is 4.24. The molecule has 1 aromatic heterocycles. The van der Waals surface area contributed by atoms with Crippen molar-refractivity contribution in [3.05, 3.63) is 76.3 Å². The fraction of sp³-hybridized carbons (Fsp3) is 0.304. The van der Waals surface area contributed by atoms with E-state index in [-0.39, 0.29) is 15.3 Å². The van der Waals surface area contributed by atoms with Crippen LogP contribution < -0.4 is 0 Å². The fourth-order valence-electron chi connectivity index (χ4n) is 4.83. The summed E-state index contributed by atoms with van der Waals surface area (Å²) < 4.78 is 37.7. The van der Waals surface area contributed by atoms with Crippen LogP contribution in [0.25, 0.3) is 11.4 Å². The molecule has 0 unspecified atom stereocenters. The third kappa shape index (κ3) is 3.54. The molecule has 3 aromatic rings. The second-order valence-electron chi connectivity index (χ2n) is 8.37. The Kier molecular flexibility index (Phi) is 4.88. The summed E-state index contributed by atoms with van der Waals surface area (Å²) in [5.41, 5.74) is 3.90. The first-order valence-electron chi connectivity index (χ1n) is 10.1. The van der Waals surface area contributed by atoms with Crippen LogP contribution in [0.1, 0.15) is 29.5 Å². The highest BCUT2D eigenvalue weighted by atomic mass is 35.5.